The quantitative estimate of drug-likeness (QED) is 0.885. The van der Waals surface area contributed by atoms with Crippen LogP contribution < -0.4 is 15.0 Å². The molecule has 2 rings (SSSR count). The van der Waals surface area contributed by atoms with Crippen molar-refractivity contribution in [3.05, 3.63) is 42.2 Å². The van der Waals surface area contributed by atoms with E-state index in [4.69, 9.17) is 4.74 Å². The summed E-state index contributed by atoms with van der Waals surface area (Å²) in [5.41, 5.74) is 2.74. The molecule has 0 amide bonds. The van der Waals surface area contributed by atoms with Crippen LogP contribution in [0.5, 0.6) is 11.5 Å². The summed E-state index contributed by atoms with van der Waals surface area (Å²) in [4.78, 5) is 6.17. The maximum atomic E-state index is 10.0. The van der Waals surface area contributed by atoms with Crippen LogP contribution >= 0.6 is 0 Å². The number of rotatable bonds is 5. The minimum atomic E-state index is -0.0806. The lowest BCUT2D eigenvalue weighted by Gasteiger charge is -2.22. The summed E-state index contributed by atoms with van der Waals surface area (Å²) in [5, 5.41) is 13.4. The number of nitrogens with one attached hydrogen (secondary N) is 1. The van der Waals surface area contributed by atoms with Crippen LogP contribution in [0.4, 0.5) is 11.4 Å². The summed E-state index contributed by atoms with van der Waals surface area (Å²) in [6.07, 6.45) is 3.54. The molecule has 1 heterocycles. The van der Waals surface area contributed by atoms with Gasteiger partial charge in [0.15, 0.2) is 0 Å². The summed E-state index contributed by atoms with van der Waals surface area (Å²) in [6.45, 7) is 1.99. The van der Waals surface area contributed by atoms with E-state index in [1.165, 1.54) is 0 Å². The normalized spacial score (nSPS) is 11.8. The second kappa shape index (κ2) is 6.35. The van der Waals surface area contributed by atoms with Crippen molar-refractivity contribution in [2.75, 3.05) is 31.4 Å². The summed E-state index contributed by atoms with van der Waals surface area (Å²) >= 11 is 0. The minimum absolute atomic E-state index is 0.0806. The van der Waals surface area contributed by atoms with Crippen molar-refractivity contribution < 1.29 is 9.84 Å². The molecule has 5 heteroatoms. The highest BCUT2D eigenvalue weighted by molar-refractivity contribution is 5.68. The Morgan fingerprint density at radius 3 is 2.71 bits per heavy atom. The van der Waals surface area contributed by atoms with Crippen molar-refractivity contribution in [1.82, 2.24) is 4.98 Å². The lowest BCUT2D eigenvalue weighted by atomic mass is 10.1. The van der Waals surface area contributed by atoms with Gasteiger partial charge >= 0.3 is 0 Å². The highest BCUT2D eigenvalue weighted by atomic mass is 16.5. The zero-order chi connectivity index (χ0) is 15.4. The largest absolute Gasteiger partial charge is 0.508 e. The lowest BCUT2D eigenvalue weighted by molar-refractivity contribution is 0.410. The third-order valence-electron chi connectivity index (χ3n) is 3.35. The number of pyridine rings is 1. The Hall–Kier alpha value is -2.43. The average molecular weight is 287 g/mol. The Morgan fingerprint density at radius 2 is 2.05 bits per heavy atom. The maximum Gasteiger partial charge on any atom is 0.121 e. The molecule has 112 valence electrons. The molecular formula is C16H21N3O2. The molecule has 0 radical (unpaired) electrons. The molecule has 0 bridgehead atoms. The van der Waals surface area contributed by atoms with Gasteiger partial charge in [-0.25, -0.2) is 0 Å². The molecule has 0 spiro atoms. The highest BCUT2D eigenvalue weighted by Crippen LogP contribution is 2.32. The van der Waals surface area contributed by atoms with Crippen molar-refractivity contribution >= 4 is 11.4 Å². The van der Waals surface area contributed by atoms with Gasteiger partial charge in [-0.2, -0.15) is 0 Å². The molecule has 0 aliphatic heterocycles. The fraction of sp³-hybridized carbons (Fsp3) is 0.312. The van der Waals surface area contributed by atoms with Crippen LogP contribution in [0.1, 0.15) is 18.5 Å². The van der Waals surface area contributed by atoms with Crippen molar-refractivity contribution in [2.24, 2.45) is 0 Å². The number of phenolic OH excluding ortho intramolecular Hbond substituents is 1. The Kier molecular flexibility index (Phi) is 4.52. The van der Waals surface area contributed by atoms with E-state index >= 15 is 0 Å². The van der Waals surface area contributed by atoms with E-state index < -0.39 is 0 Å². The number of nitrogens with zero attached hydrogens (tertiary/aromatic N) is 2. The van der Waals surface area contributed by atoms with Gasteiger partial charge in [0, 0.05) is 25.9 Å². The first-order valence-electron chi connectivity index (χ1n) is 6.77. The topological polar surface area (TPSA) is 57.6 Å². The van der Waals surface area contributed by atoms with E-state index in [0.717, 1.165) is 22.7 Å². The SMILES string of the molecule is COc1ccc(O)c(C(C)Nc2cnccc2N(C)C)c1. The number of phenols is 1. The lowest BCUT2D eigenvalue weighted by Crippen LogP contribution is -2.14. The Labute approximate surface area is 125 Å². The molecule has 0 saturated carbocycles. The van der Waals surface area contributed by atoms with E-state index in [-0.39, 0.29) is 11.8 Å². The second-order valence-electron chi connectivity index (χ2n) is 5.08. The van der Waals surface area contributed by atoms with Crippen molar-refractivity contribution in [3.63, 3.8) is 0 Å². The molecule has 1 aromatic heterocycles. The zero-order valence-corrected chi connectivity index (χ0v) is 12.8. The van der Waals surface area contributed by atoms with Gasteiger partial charge in [0.25, 0.3) is 0 Å². The van der Waals surface area contributed by atoms with E-state index in [1.54, 1.807) is 31.6 Å². The monoisotopic (exact) mass is 287 g/mol. The third-order valence-corrected chi connectivity index (χ3v) is 3.35. The number of hydrogen-bond acceptors (Lipinski definition) is 5. The third kappa shape index (κ3) is 3.37. The van der Waals surface area contributed by atoms with E-state index in [9.17, 15) is 5.11 Å². The second-order valence-corrected chi connectivity index (χ2v) is 5.08. The van der Waals surface area contributed by atoms with Gasteiger partial charge in [0.2, 0.25) is 0 Å². The Balaban J connectivity index is 2.28. The molecule has 0 fully saturated rings. The van der Waals surface area contributed by atoms with Crippen LogP contribution in [0, 0.1) is 0 Å². The Morgan fingerprint density at radius 1 is 1.29 bits per heavy atom. The zero-order valence-electron chi connectivity index (χ0n) is 12.8. The molecule has 1 atom stereocenters. The summed E-state index contributed by atoms with van der Waals surface area (Å²) in [7, 11) is 5.57. The number of ether oxygens (including phenoxy) is 1. The molecule has 21 heavy (non-hydrogen) atoms. The van der Waals surface area contributed by atoms with Crippen LogP contribution in [0.3, 0.4) is 0 Å². The summed E-state index contributed by atoms with van der Waals surface area (Å²) in [5.74, 6) is 0.960. The smallest absolute Gasteiger partial charge is 0.121 e. The predicted octanol–water partition coefficient (Wildman–Crippen LogP) is 3.03. The number of aromatic hydroxyl groups is 1. The highest BCUT2D eigenvalue weighted by Gasteiger charge is 2.14. The summed E-state index contributed by atoms with van der Waals surface area (Å²) < 4.78 is 5.21. The maximum absolute atomic E-state index is 10.0. The summed E-state index contributed by atoms with van der Waals surface area (Å²) in [6, 6.07) is 7.07. The van der Waals surface area contributed by atoms with Crippen LogP contribution in [0.25, 0.3) is 0 Å². The fourth-order valence-electron chi connectivity index (χ4n) is 2.21. The molecular weight excluding hydrogens is 266 g/mol. The molecule has 0 aliphatic carbocycles. The van der Waals surface area contributed by atoms with E-state index in [2.05, 4.69) is 10.3 Å². The van der Waals surface area contributed by atoms with Crippen LogP contribution in [0.15, 0.2) is 36.7 Å². The van der Waals surface area contributed by atoms with Crippen molar-refractivity contribution in [2.45, 2.75) is 13.0 Å². The standard InChI is InChI=1S/C16H21N3O2/c1-11(13-9-12(21-4)5-6-16(13)20)18-14-10-17-8-7-15(14)19(2)3/h5-11,18,20H,1-4H3. The van der Waals surface area contributed by atoms with Crippen LogP contribution in [-0.4, -0.2) is 31.3 Å². The number of hydrogen-bond donors (Lipinski definition) is 2. The number of aromatic nitrogens is 1. The van der Waals surface area contributed by atoms with Gasteiger partial charge in [0.1, 0.15) is 11.5 Å². The van der Waals surface area contributed by atoms with Gasteiger partial charge in [-0.05, 0) is 31.2 Å². The fourth-order valence-corrected chi connectivity index (χ4v) is 2.21. The number of methoxy groups -OCH3 is 1. The van der Waals surface area contributed by atoms with Crippen molar-refractivity contribution in [1.29, 1.82) is 0 Å². The van der Waals surface area contributed by atoms with E-state index in [0.29, 0.717) is 0 Å². The van der Waals surface area contributed by atoms with Gasteiger partial charge in [-0.1, -0.05) is 0 Å². The minimum Gasteiger partial charge on any atom is -0.508 e. The van der Waals surface area contributed by atoms with Crippen molar-refractivity contribution in [3.8, 4) is 11.5 Å². The molecule has 1 unspecified atom stereocenters. The molecule has 1 aromatic carbocycles. The first-order valence-corrected chi connectivity index (χ1v) is 6.77. The van der Waals surface area contributed by atoms with Gasteiger partial charge in [-0.15, -0.1) is 0 Å². The number of anilines is 2. The molecule has 5 nitrogen and oxygen atoms in total. The molecule has 2 aromatic rings. The van der Waals surface area contributed by atoms with Gasteiger partial charge < -0.3 is 20.1 Å². The average Bonchev–Trinajstić information content (AvgIpc) is 2.48. The van der Waals surface area contributed by atoms with Crippen LogP contribution in [0.2, 0.25) is 0 Å². The molecule has 0 saturated heterocycles. The first kappa shape index (κ1) is 15.0. The van der Waals surface area contributed by atoms with Gasteiger partial charge in [0.05, 0.1) is 30.7 Å². The predicted molar refractivity (Wildman–Crippen MR) is 85.3 cm³/mol. The Bertz CT molecular complexity index is 614. The first-order chi connectivity index (χ1) is 10.0. The molecule has 2 N–H and O–H groups in total. The number of benzene rings is 1. The van der Waals surface area contributed by atoms with E-state index in [1.807, 2.05) is 38.1 Å². The van der Waals surface area contributed by atoms with Gasteiger partial charge in [-0.3, -0.25) is 4.98 Å². The molecule has 0 aliphatic rings. The van der Waals surface area contributed by atoms with Crippen LogP contribution in [-0.2, 0) is 0 Å².